The average molecular weight is 400 g/mol. The molecule has 2 rings (SSSR count). The summed E-state index contributed by atoms with van der Waals surface area (Å²) in [5.74, 6) is 0.905. The standard InChI is InChI=1S/C13H17NO3.C9H11NO2/c1-4-5-13(16)14-10-6-7-12(17-3)11(8-10)9(2)15;1-6(11)8-5-7(10)3-4-9(8)12-2/h6-8H,4-5H2,1-3H3,(H,14,16);3-5H,10H2,1-2H3. The first kappa shape index (κ1) is 23.7. The Morgan fingerprint density at radius 2 is 1.41 bits per heavy atom. The largest absolute Gasteiger partial charge is 0.496 e. The topological polar surface area (TPSA) is 108 Å². The molecule has 0 saturated heterocycles. The van der Waals surface area contributed by atoms with Crippen molar-refractivity contribution in [3.05, 3.63) is 47.5 Å². The summed E-state index contributed by atoms with van der Waals surface area (Å²) in [5, 5.41) is 2.74. The van der Waals surface area contributed by atoms with Crippen LogP contribution in [0.3, 0.4) is 0 Å². The number of anilines is 2. The minimum absolute atomic E-state index is 0.0425. The minimum atomic E-state index is -0.0894. The summed E-state index contributed by atoms with van der Waals surface area (Å²) < 4.78 is 10.1. The van der Waals surface area contributed by atoms with Gasteiger partial charge in [-0.3, -0.25) is 14.4 Å². The maximum absolute atomic E-state index is 11.4. The Morgan fingerprint density at radius 1 is 0.897 bits per heavy atom. The number of carbonyl (C=O) groups excluding carboxylic acids is 3. The second kappa shape index (κ2) is 11.5. The van der Waals surface area contributed by atoms with Gasteiger partial charge in [0, 0.05) is 17.8 Å². The molecule has 0 aliphatic rings. The molecule has 0 aromatic heterocycles. The molecule has 0 radical (unpaired) electrons. The van der Waals surface area contributed by atoms with Crippen LogP contribution in [-0.4, -0.2) is 31.7 Å². The quantitative estimate of drug-likeness (QED) is 0.535. The van der Waals surface area contributed by atoms with Crippen LogP contribution in [0, 0.1) is 0 Å². The summed E-state index contributed by atoms with van der Waals surface area (Å²) in [6.45, 7) is 4.89. The molecule has 2 aromatic carbocycles. The highest BCUT2D eigenvalue weighted by Gasteiger charge is 2.10. The summed E-state index contributed by atoms with van der Waals surface area (Å²) in [5.41, 5.74) is 7.70. The predicted octanol–water partition coefficient (Wildman–Crippen LogP) is 4.12. The lowest BCUT2D eigenvalue weighted by atomic mass is 10.1. The number of carbonyl (C=O) groups is 3. The first-order valence-corrected chi connectivity index (χ1v) is 9.16. The Bertz CT molecular complexity index is 878. The third kappa shape index (κ3) is 7.29. The van der Waals surface area contributed by atoms with Crippen LogP contribution in [-0.2, 0) is 4.79 Å². The minimum Gasteiger partial charge on any atom is -0.496 e. The van der Waals surface area contributed by atoms with Gasteiger partial charge in [0.1, 0.15) is 11.5 Å². The second-order valence-corrected chi connectivity index (χ2v) is 6.29. The van der Waals surface area contributed by atoms with Gasteiger partial charge in [-0.2, -0.15) is 0 Å². The smallest absolute Gasteiger partial charge is 0.224 e. The first-order chi connectivity index (χ1) is 13.7. The first-order valence-electron chi connectivity index (χ1n) is 9.16. The normalized spacial score (nSPS) is 9.69. The molecule has 0 spiro atoms. The predicted molar refractivity (Wildman–Crippen MR) is 114 cm³/mol. The lowest BCUT2D eigenvalue weighted by molar-refractivity contribution is -0.116. The van der Waals surface area contributed by atoms with E-state index in [1.165, 1.54) is 28.1 Å². The molecule has 0 aliphatic heterocycles. The van der Waals surface area contributed by atoms with E-state index in [1.807, 2.05) is 6.92 Å². The van der Waals surface area contributed by atoms with Gasteiger partial charge >= 0.3 is 0 Å². The van der Waals surface area contributed by atoms with E-state index in [4.69, 9.17) is 15.2 Å². The number of Topliss-reactive ketones (excluding diaryl/α,β-unsaturated/α-hetero) is 2. The van der Waals surface area contributed by atoms with Gasteiger partial charge in [0.2, 0.25) is 5.91 Å². The zero-order chi connectivity index (χ0) is 22.0. The third-order valence-corrected chi connectivity index (χ3v) is 3.94. The molecule has 0 bridgehead atoms. The van der Waals surface area contributed by atoms with Crippen molar-refractivity contribution in [1.29, 1.82) is 0 Å². The summed E-state index contributed by atoms with van der Waals surface area (Å²) in [6, 6.07) is 10.0. The number of benzene rings is 2. The van der Waals surface area contributed by atoms with Crippen molar-refractivity contribution < 1.29 is 23.9 Å². The number of rotatable bonds is 7. The molecule has 0 atom stereocenters. The number of ether oxygens (including phenoxy) is 2. The third-order valence-electron chi connectivity index (χ3n) is 3.94. The highest BCUT2D eigenvalue weighted by molar-refractivity contribution is 5.99. The van der Waals surface area contributed by atoms with Crippen LogP contribution in [0.2, 0.25) is 0 Å². The van der Waals surface area contributed by atoms with Gasteiger partial charge in [0.25, 0.3) is 0 Å². The molecule has 0 heterocycles. The number of nitrogens with two attached hydrogens (primary N) is 1. The lowest BCUT2D eigenvalue weighted by Gasteiger charge is -2.09. The van der Waals surface area contributed by atoms with Gasteiger partial charge in [-0.05, 0) is 56.7 Å². The molecular formula is C22H28N2O5. The number of amides is 1. The highest BCUT2D eigenvalue weighted by Crippen LogP contribution is 2.23. The molecule has 29 heavy (non-hydrogen) atoms. The molecule has 7 heteroatoms. The molecule has 0 fully saturated rings. The van der Waals surface area contributed by atoms with Crippen LogP contribution in [0.1, 0.15) is 54.3 Å². The average Bonchev–Trinajstić information content (AvgIpc) is 2.68. The van der Waals surface area contributed by atoms with E-state index >= 15 is 0 Å². The fourth-order valence-corrected chi connectivity index (χ4v) is 2.51. The van der Waals surface area contributed by atoms with E-state index in [2.05, 4.69) is 5.32 Å². The number of methoxy groups -OCH3 is 2. The van der Waals surface area contributed by atoms with Gasteiger partial charge in [0.05, 0.1) is 25.3 Å². The molecular weight excluding hydrogens is 372 g/mol. The van der Waals surface area contributed by atoms with Crippen molar-refractivity contribution in [1.82, 2.24) is 0 Å². The van der Waals surface area contributed by atoms with Crippen molar-refractivity contribution >= 4 is 28.8 Å². The SMILES string of the molecule is CCCC(=O)Nc1ccc(OC)c(C(C)=O)c1.COc1ccc(N)cc1C(C)=O. The van der Waals surface area contributed by atoms with E-state index in [0.717, 1.165) is 6.42 Å². The van der Waals surface area contributed by atoms with Crippen molar-refractivity contribution in [2.75, 3.05) is 25.3 Å². The number of nitrogens with one attached hydrogen (secondary N) is 1. The van der Waals surface area contributed by atoms with Crippen molar-refractivity contribution in [2.24, 2.45) is 0 Å². The zero-order valence-electron chi connectivity index (χ0n) is 17.5. The monoisotopic (exact) mass is 400 g/mol. The van der Waals surface area contributed by atoms with Crippen LogP contribution in [0.15, 0.2) is 36.4 Å². The molecule has 0 aliphatic carbocycles. The van der Waals surface area contributed by atoms with Gasteiger partial charge in [-0.1, -0.05) is 6.92 Å². The Labute approximate surface area is 171 Å². The Hall–Kier alpha value is -3.35. The van der Waals surface area contributed by atoms with Gasteiger partial charge in [-0.15, -0.1) is 0 Å². The number of hydrogen-bond donors (Lipinski definition) is 2. The molecule has 3 N–H and O–H groups in total. The summed E-state index contributed by atoms with van der Waals surface area (Å²) in [7, 11) is 3.04. The molecule has 156 valence electrons. The summed E-state index contributed by atoms with van der Waals surface area (Å²) in [4.78, 5) is 33.9. The van der Waals surface area contributed by atoms with Gasteiger partial charge in [-0.25, -0.2) is 0 Å². The number of ketones is 2. The fraction of sp³-hybridized carbons (Fsp3) is 0.318. The molecule has 0 saturated carbocycles. The maximum atomic E-state index is 11.4. The molecule has 1 amide bonds. The Morgan fingerprint density at radius 3 is 1.90 bits per heavy atom. The van der Waals surface area contributed by atoms with E-state index < -0.39 is 0 Å². The van der Waals surface area contributed by atoms with Gasteiger partial charge in [0.15, 0.2) is 11.6 Å². The van der Waals surface area contributed by atoms with Crippen molar-refractivity contribution in [2.45, 2.75) is 33.6 Å². The molecule has 2 aromatic rings. The number of hydrogen-bond acceptors (Lipinski definition) is 6. The van der Waals surface area contributed by atoms with Crippen molar-refractivity contribution in [3.63, 3.8) is 0 Å². The maximum Gasteiger partial charge on any atom is 0.224 e. The van der Waals surface area contributed by atoms with Crippen LogP contribution in [0.5, 0.6) is 11.5 Å². The van der Waals surface area contributed by atoms with Crippen LogP contribution in [0.4, 0.5) is 11.4 Å². The Kier molecular flexibility index (Phi) is 9.38. The van der Waals surface area contributed by atoms with Gasteiger partial charge < -0.3 is 20.5 Å². The van der Waals surface area contributed by atoms with Crippen LogP contribution in [0.25, 0.3) is 0 Å². The summed E-state index contributed by atoms with van der Waals surface area (Å²) in [6.07, 6.45) is 1.27. The van der Waals surface area contributed by atoms with E-state index in [0.29, 0.717) is 40.4 Å². The highest BCUT2D eigenvalue weighted by atomic mass is 16.5. The lowest BCUT2D eigenvalue weighted by Crippen LogP contribution is -2.11. The summed E-state index contributed by atoms with van der Waals surface area (Å²) >= 11 is 0. The van der Waals surface area contributed by atoms with Crippen LogP contribution < -0.4 is 20.5 Å². The van der Waals surface area contributed by atoms with E-state index in [1.54, 1.807) is 36.4 Å². The van der Waals surface area contributed by atoms with E-state index in [-0.39, 0.29) is 17.5 Å². The number of nitrogen functional groups attached to an aromatic ring is 1. The second-order valence-electron chi connectivity index (χ2n) is 6.29. The molecule has 7 nitrogen and oxygen atoms in total. The Balaban J connectivity index is 0.000000308. The molecule has 0 unspecified atom stereocenters. The zero-order valence-corrected chi connectivity index (χ0v) is 17.5. The van der Waals surface area contributed by atoms with E-state index in [9.17, 15) is 14.4 Å². The van der Waals surface area contributed by atoms with Crippen molar-refractivity contribution in [3.8, 4) is 11.5 Å². The fourth-order valence-electron chi connectivity index (χ4n) is 2.51. The van der Waals surface area contributed by atoms with Crippen LogP contribution >= 0.6 is 0 Å².